The van der Waals surface area contributed by atoms with Crippen LogP contribution in [0.25, 0.3) is 0 Å². The number of hydrogen-bond donors (Lipinski definition) is 1. The van der Waals surface area contributed by atoms with E-state index in [0.29, 0.717) is 13.1 Å². The number of hydrogen-bond acceptors (Lipinski definition) is 2. The lowest BCUT2D eigenvalue weighted by Gasteiger charge is -2.17. The van der Waals surface area contributed by atoms with Crippen LogP contribution in [0, 0.1) is 13.8 Å². The molecule has 0 spiro atoms. The summed E-state index contributed by atoms with van der Waals surface area (Å²) in [6.07, 6.45) is 0. The highest BCUT2D eigenvalue weighted by molar-refractivity contribution is 5.96. The third kappa shape index (κ3) is 2.05. The van der Waals surface area contributed by atoms with Crippen LogP contribution in [0.4, 0.5) is 5.69 Å². The molecule has 2 N–H and O–H groups in total. The third-order valence-corrected chi connectivity index (χ3v) is 4.07. The molecule has 0 aromatic heterocycles. The molecule has 0 bridgehead atoms. The van der Waals surface area contributed by atoms with Crippen molar-refractivity contribution in [3.8, 4) is 0 Å². The molecule has 0 unspecified atom stereocenters. The number of carbonyl (C=O) groups is 1. The van der Waals surface area contributed by atoms with Gasteiger partial charge in [0, 0.05) is 24.3 Å². The van der Waals surface area contributed by atoms with E-state index in [0.717, 1.165) is 27.9 Å². The summed E-state index contributed by atoms with van der Waals surface area (Å²) in [5.41, 5.74) is 11.9. The monoisotopic (exact) mass is 266 g/mol. The van der Waals surface area contributed by atoms with Gasteiger partial charge in [0.15, 0.2) is 0 Å². The number of nitrogen functional groups attached to an aromatic ring is 1. The minimum atomic E-state index is 0.0981. The van der Waals surface area contributed by atoms with E-state index < -0.39 is 0 Å². The quantitative estimate of drug-likeness (QED) is 0.806. The van der Waals surface area contributed by atoms with E-state index in [1.54, 1.807) is 0 Å². The second kappa shape index (κ2) is 4.67. The highest BCUT2D eigenvalue weighted by Crippen LogP contribution is 2.27. The van der Waals surface area contributed by atoms with Crippen molar-refractivity contribution < 1.29 is 4.79 Å². The van der Waals surface area contributed by atoms with Gasteiger partial charge < -0.3 is 10.6 Å². The molecule has 20 heavy (non-hydrogen) atoms. The Morgan fingerprint density at radius 2 is 1.85 bits per heavy atom. The minimum absolute atomic E-state index is 0.0981. The van der Waals surface area contributed by atoms with Gasteiger partial charge in [-0.05, 0) is 54.3 Å². The number of fused-ring (bicyclic) bond motifs is 1. The summed E-state index contributed by atoms with van der Waals surface area (Å²) in [6.45, 7) is 5.35. The van der Waals surface area contributed by atoms with Crippen molar-refractivity contribution in [2.24, 2.45) is 0 Å². The number of carbonyl (C=O) groups excluding carboxylic acids is 1. The minimum Gasteiger partial charge on any atom is -0.399 e. The number of aryl methyl sites for hydroxylation is 1. The molecule has 1 amide bonds. The molecule has 0 saturated heterocycles. The van der Waals surface area contributed by atoms with Crippen LogP contribution in [0.15, 0.2) is 36.4 Å². The number of benzene rings is 2. The lowest BCUT2D eigenvalue weighted by molar-refractivity contribution is 0.0750. The molecule has 1 aliphatic rings. The van der Waals surface area contributed by atoms with Gasteiger partial charge in [0.2, 0.25) is 0 Å². The van der Waals surface area contributed by atoms with E-state index in [2.05, 4.69) is 0 Å². The van der Waals surface area contributed by atoms with Crippen molar-refractivity contribution in [2.75, 3.05) is 5.73 Å². The largest absolute Gasteiger partial charge is 0.399 e. The van der Waals surface area contributed by atoms with Gasteiger partial charge in [0.1, 0.15) is 0 Å². The molecule has 2 aromatic rings. The van der Waals surface area contributed by atoms with Gasteiger partial charge in [0.05, 0.1) is 0 Å². The van der Waals surface area contributed by atoms with E-state index in [-0.39, 0.29) is 5.91 Å². The van der Waals surface area contributed by atoms with Crippen LogP contribution in [-0.4, -0.2) is 10.8 Å². The zero-order valence-electron chi connectivity index (χ0n) is 11.8. The maximum Gasteiger partial charge on any atom is 0.254 e. The zero-order valence-corrected chi connectivity index (χ0v) is 11.8. The molecular formula is C17H18N2O. The van der Waals surface area contributed by atoms with E-state index in [1.807, 2.05) is 55.1 Å². The zero-order chi connectivity index (χ0) is 14.3. The Labute approximate surface area is 119 Å². The molecular weight excluding hydrogens is 248 g/mol. The van der Waals surface area contributed by atoms with Crippen LogP contribution < -0.4 is 5.73 Å². The van der Waals surface area contributed by atoms with Crippen molar-refractivity contribution in [2.45, 2.75) is 26.9 Å². The van der Waals surface area contributed by atoms with Crippen molar-refractivity contribution in [1.82, 2.24) is 4.90 Å². The van der Waals surface area contributed by atoms with Gasteiger partial charge in [-0.3, -0.25) is 4.79 Å². The first-order valence-electron chi connectivity index (χ1n) is 6.79. The van der Waals surface area contributed by atoms with E-state index in [1.165, 1.54) is 5.56 Å². The summed E-state index contributed by atoms with van der Waals surface area (Å²) >= 11 is 0. The van der Waals surface area contributed by atoms with Crippen LogP contribution in [0.3, 0.4) is 0 Å². The number of nitrogens with two attached hydrogens (primary N) is 1. The van der Waals surface area contributed by atoms with Crippen LogP contribution in [0.5, 0.6) is 0 Å². The first-order chi connectivity index (χ1) is 9.56. The van der Waals surface area contributed by atoms with Crippen LogP contribution in [0.2, 0.25) is 0 Å². The summed E-state index contributed by atoms with van der Waals surface area (Å²) in [5.74, 6) is 0.0981. The molecule has 3 rings (SSSR count). The van der Waals surface area contributed by atoms with Crippen molar-refractivity contribution in [3.63, 3.8) is 0 Å². The maximum atomic E-state index is 12.7. The van der Waals surface area contributed by atoms with E-state index in [9.17, 15) is 4.79 Å². The predicted octanol–water partition coefficient (Wildman–Crippen LogP) is 3.04. The van der Waals surface area contributed by atoms with E-state index in [4.69, 9.17) is 5.73 Å². The van der Waals surface area contributed by atoms with Crippen molar-refractivity contribution in [1.29, 1.82) is 0 Å². The number of amides is 1. The van der Waals surface area contributed by atoms with Crippen molar-refractivity contribution in [3.05, 3.63) is 64.2 Å². The van der Waals surface area contributed by atoms with Crippen molar-refractivity contribution >= 4 is 11.6 Å². The Hall–Kier alpha value is -2.29. The lowest BCUT2D eigenvalue weighted by Crippen LogP contribution is -2.26. The molecule has 102 valence electrons. The molecule has 0 atom stereocenters. The highest BCUT2D eigenvalue weighted by atomic mass is 16.2. The summed E-state index contributed by atoms with van der Waals surface area (Å²) in [4.78, 5) is 14.5. The molecule has 0 radical (unpaired) electrons. The molecule has 1 aliphatic heterocycles. The van der Waals surface area contributed by atoms with Crippen LogP contribution >= 0.6 is 0 Å². The summed E-state index contributed by atoms with van der Waals surface area (Å²) < 4.78 is 0. The number of rotatable bonds is 1. The smallest absolute Gasteiger partial charge is 0.254 e. The van der Waals surface area contributed by atoms with Gasteiger partial charge in [-0.2, -0.15) is 0 Å². The highest BCUT2D eigenvalue weighted by Gasteiger charge is 2.25. The first-order valence-corrected chi connectivity index (χ1v) is 6.79. The second-order valence-electron chi connectivity index (χ2n) is 5.44. The average molecular weight is 266 g/mol. The molecule has 1 heterocycles. The normalized spacial score (nSPS) is 13.4. The average Bonchev–Trinajstić information content (AvgIpc) is 2.84. The number of nitrogens with zero attached hydrogens (tertiary/aromatic N) is 1. The fraction of sp³-hybridized carbons (Fsp3) is 0.235. The molecule has 2 aromatic carbocycles. The standard InChI is InChI=1S/C17H18N2O/c1-11-4-3-5-16(12(11)2)17(20)19-9-13-6-7-15(18)8-14(13)10-19/h3-8H,9-10,18H2,1-2H3. The summed E-state index contributed by atoms with van der Waals surface area (Å²) in [6, 6.07) is 11.8. The first kappa shape index (κ1) is 12.7. The fourth-order valence-electron chi connectivity index (χ4n) is 2.71. The predicted molar refractivity (Wildman–Crippen MR) is 80.3 cm³/mol. The SMILES string of the molecule is Cc1cccc(C(=O)N2Cc3ccc(N)cc3C2)c1C. The molecule has 3 nitrogen and oxygen atoms in total. The van der Waals surface area contributed by atoms with Crippen LogP contribution in [-0.2, 0) is 13.1 Å². The van der Waals surface area contributed by atoms with Gasteiger partial charge >= 0.3 is 0 Å². The third-order valence-electron chi connectivity index (χ3n) is 4.07. The lowest BCUT2D eigenvalue weighted by atomic mass is 10.0. The maximum absolute atomic E-state index is 12.7. The molecule has 0 fully saturated rings. The fourth-order valence-corrected chi connectivity index (χ4v) is 2.71. The van der Waals surface area contributed by atoms with Gasteiger partial charge in [-0.25, -0.2) is 0 Å². The topological polar surface area (TPSA) is 46.3 Å². The number of anilines is 1. The molecule has 0 aliphatic carbocycles. The Morgan fingerprint density at radius 1 is 1.10 bits per heavy atom. The Morgan fingerprint density at radius 3 is 2.65 bits per heavy atom. The van der Waals surface area contributed by atoms with E-state index >= 15 is 0 Å². The summed E-state index contributed by atoms with van der Waals surface area (Å²) in [7, 11) is 0. The Bertz CT molecular complexity index is 691. The van der Waals surface area contributed by atoms with Crippen LogP contribution in [0.1, 0.15) is 32.6 Å². The van der Waals surface area contributed by atoms with Gasteiger partial charge in [-0.15, -0.1) is 0 Å². The summed E-state index contributed by atoms with van der Waals surface area (Å²) in [5, 5.41) is 0. The van der Waals surface area contributed by atoms with Gasteiger partial charge in [0.25, 0.3) is 5.91 Å². The van der Waals surface area contributed by atoms with Gasteiger partial charge in [-0.1, -0.05) is 18.2 Å². The molecule has 0 saturated carbocycles. The Kier molecular flexibility index (Phi) is 2.97. The molecule has 3 heteroatoms. The second-order valence-corrected chi connectivity index (χ2v) is 5.44. The Balaban J connectivity index is 1.89.